The van der Waals surface area contributed by atoms with Crippen LogP contribution in [-0.2, 0) is 22.5 Å². The number of carbonyl (C=O) groups excluding carboxylic acids is 1. The second-order valence-electron chi connectivity index (χ2n) is 7.17. The Morgan fingerprint density at radius 2 is 1.97 bits per heavy atom. The Balaban J connectivity index is 1.48. The highest BCUT2D eigenvalue weighted by Gasteiger charge is 2.11. The zero-order chi connectivity index (χ0) is 21.3. The SMILES string of the molecule is Cc1oc(-c2ccccc2)nc1CCOc1[c]c(CNCC(=O)OC(C)C)ccc1. The Kier molecular flexibility index (Phi) is 7.63. The molecule has 0 aliphatic rings. The summed E-state index contributed by atoms with van der Waals surface area (Å²) in [6.45, 7) is 6.71. The summed E-state index contributed by atoms with van der Waals surface area (Å²) < 4.78 is 16.7. The van der Waals surface area contributed by atoms with Crippen LogP contribution in [-0.4, -0.2) is 30.2 Å². The van der Waals surface area contributed by atoms with Gasteiger partial charge in [-0.05, 0) is 44.5 Å². The van der Waals surface area contributed by atoms with E-state index < -0.39 is 0 Å². The van der Waals surface area contributed by atoms with Crippen molar-refractivity contribution in [3.63, 3.8) is 0 Å². The number of hydrogen-bond acceptors (Lipinski definition) is 6. The quantitative estimate of drug-likeness (QED) is 0.510. The fourth-order valence-corrected chi connectivity index (χ4v) is 2.91. The number of oxazole rings is 1. The van der Waals surface area contributed by atoms with E-state index in [1.54, 1.807) is 0 Å². The minimum absolute atomic E-state index is 0.111. The molecule has 0 atom stereocenters. The van der Waals surface area contributed by atoms with Gasteiger partial charge in [-0.25, -0.2) is 4.98 Å². The van der Waals surface area contributed by atoms with Gasteiger partial charge in [0.2, 0.25) is 5.89 Å². The first-order valence-corrected chi connectivity index (χ1v) is 10.1. The number of benzene rings is 2. The molecule has 6 heteroatoms. The van der Waals surface area contributed by atoms with Crippen LogP contribution >= 0.6 is 0 Å². The van der Waals surface area contributed by atoms with Gasteiger partial charge in [0.05, 0.1) is 24.9 Å². The number of esters is 1. The molecule has 30 heavy (non-hydrogen) atoms. The maximum Gasteiger partial charge on any atom is 0.320 e. The van der Waals surface area contributed by atoms with Crippen LogP contribution in [0.5, 0.6) is 5.75 Å². The molecule has 3 rings (SSSR count). The van der Waals surface area contributed by atoms with Gasteiger partial charge in [0, 0.05) is 24.6 Å². The van der Waals surface area contributed by atoms with E-state index in [0.29, 0.717) is 31.2 Å². The van der Waals surface area contributed by atoms with Crippen molar-refractivity contribution in [2.24, 2.45) is 0 Å². The lowest BCUT2D eigenvalue weighted by atomic mass is 10.2. The van der Waals surface area contributed by atoms with Gasteiger partial charge in [-0.2, -0.15) is 0 Å². The standard InChI is InChI=1S/C24H27N2O4/c1-17(2)29-23(27)16-25-15-19-8-7-11-21(14-19)28-13-12-22-18(3)30-24(26-22)20-9-5-4-6-10-20/h4-11,17,25H,12-13,15-16H2,1-3H3. The molecule has 1 aromatic heterocycles. The number of nitrogens with one attached hydrogen (secondary N) is 1. The second kappa shape index (κ2) is 10.6. The van der Waals surface area contributed by atoms with Gasteiger partial charge in [-0.3, -0.25) is 4.79 Å². The summed E-state index contributed by atoms with van der Waals surface area (Å²) in [5.41, 5.74) is 2.75. The molecule has 0 saturated carbocycles. The van der Waals surface area contributed by atoms with Crippen molar-refractivity contribution in [2.75, 3.05) is 13.2 Å². The smallest absolute Gasteiger partial charge is 0.320 e. The summed E-state index contributed by atoms with van der Waals surface area (Å²) in [5, 5.41) is 3.06. The van der Waals surface area contributed by atoms with Gasteiger partial charge < -0.3 is 19.2 Å². The molecule has 0 aliphatic heterocycles. The van der Waals surface area contributed by atoms with E-state index in [0.717, 1.165) is 22.6 Å². The number of hydrogen-bond donors (Lipinski definition) is 1. The van der Waals surface area contributed by atoms with Crippen LogP contribution < -0.4 is 10.1 Å². The minimum atomic E-state index is -0.268. The number of aryl methyl sites for hydroxylation is 1. The lowest BCUT2D eigenvalue weighted by Crippen LogP contribution is -2.26. The predicted octanol–water partition coefficient (Wildman–Crippen LogP) is 4.11. The average molecular weight is 407 g/mol. The van der Waals surface area contributed by atoms with Crippen LogP contribution in [0.15, 0.2) is 52.9 Å². The number of ether oxygens (including phenoxy) is 2. The number of nitrogens with zero attached hydrogens (tertiary/aromatic N) is 1. The third-order valence-electron chi connectivity index (χ3n) is 4.29. The molecule has 1 N–H and O–H groups in total. The van der Waals surface area contributed by atoms with Crippen LogP contribution in [0.4, 0.5) is 0 Å². The highest BCUT2D eigenvalue weighted by molar-refractivity contribution is 5.71. The van der Waals surface area contributed by atoms with Gasteiger partial charge in [0.15, 0.2) is 0 Å². The highest BCUT2D eigenvalue weighted by atomic mass is 16.5. The molecule has 0 aliphatic carbocycles. The summed E-state index contributed by atoms with van der Waals surface area (Å²) in [6.07, 6.45) is 0.527. The molecular weight excluding hydrogens is 380 g/mol. The third kappa shape index (κ3) is 6.46. The molecule has 0 amide bonds. The van der Waals surface area contributed by atoms with Gasteiger partial charge >= 0.3 is 5.97 Å². The summed E-state index contributed by atoms with van der Waals surface area (Å²) in [7, 11) is 0. The molecule has 0 fully saturated rings. The Hall–Kier alpha value is -3.12. The van der Waals surface area contributed by atoms with Crippen LogP contribution in [0, 0.1) is 13.0 Å². The normalized spacial score (nSPS) is 10.9. The fourth-order valence-electron chi connectivity index (χ4n) is 2.91. The lowest BCUT2D eigenvalue weighted by molar-refractivity contribution is -0.146. The summed E-state index contributed by atoms with van der Waals surface area (Å²) in [5.74, 6) is 1.81. The molecule has 6 nitrogen and oxygen atoms in total. The molecule has 0 spiro atoms. The fraction of sp³-hybridized carbons (Fsp3) is 0.333. The van der Waals surface area contributed by atoms with Crippen molar-refractivity contribution in [3.05, 3.63) is 71.6 Å². The first kappa shape index (κ1) is 21.6. The van der Waals surface area contributed by atoms with E-state index in [4.69, 9.17) is 13.9 Å². The Labute approximate surface area is 177 Å². The van der Waals surface area contributed by atoms with Gasteiger partial charge in [-0.15, -0.1) is 0 Å². The molecule has 0 unspecified atom stereocenters. The Morgan fingerprint density at radius 3 is 2.73 bits per heavy atom. The van der Waals surface area contributed by atoms with Crippen LogP contribution in [0.3, 0.4) is 0 Å². The molecule has 1 heterocycles. The van der Waals surface area contributed by atoms with Crippen LogP contribution in [0.2, 0.25) is 0 Å². The molecule has 3 aromatic rings. The molecular formula is C24H27N2O4. The summed E-state index contributed by atoms with van der Waals surface area (Å²) in [4.78, 5) is 16.2. The highest BCUT2D eigenvalue weighted by Crippen LogP contribution is 2.22. The van der Waals surface area contributed by atoms with Gasteiger partial charge in [0.25, 0.3) is 0 Å². The van der Waals surface area contributed by atoms with Crippen molar-refractivity contribution in [3.8, 4) is 17.2 Å². The largest absolute Gasteiger partial charge is 0.493 e. The first-order valence-electron chi connectivity index (χ1n) is 10.1. The van der Waals surface area contributed by atoms with Gasteiger partial charge in [0.1, 0.15) is 11.5 Å². The molecule has 0 bridgehead atoms. The number of carbonyl (C=O) groups is 1. The maximum absolute atomic E-state index is 11.6. The van der Waals surface area contributed by atoms with E-state index in [1.165, 1.54) is 0 Å². The summed E-state index contributed by atoms with van der Waals surface area (Å²) >= 11 is 0. The van der Waals surface area contributed by atoms with Crippen molar-refractivity contribution in [1.29, 1.82) is 0 Å². The van der Waals surface area contributed by atoms with Crippen molar-refractivity contribution >= 4 is 5.97 Å². The predicted molar refractivity (Wildman–Crippen MR) is 114 cm³/mol. The van der Waals surface area contributed by atoms with E-state index in [1.807, 2.05) is 69.3 Å². The van der Waals surface area contributed by atoms with E-state index in [-0.39, 0.29) is 18.6 Å². The van der Waals surface area contributed by atoms with E-state index in [9.17, 15) is 4.79 Å². The molecule has 2 aromatic carbocycles. The maximum atomic E-state index is 11.6. The van der Waals surface area contributed by atoms with E-state index >= 15 is 0 Å². The molecule has 0 saturated heterocycles. The molecule has 157 valence electrons. The van der Waals surface area contributed by atoms with Crippen molar-refractivity contribution in [1.82, 2.24) is 10.3 Å². The number of aromatic nitrogens is 1. The van der Waals surface area contributed by atoms with Crippen molar-refractivity contribution in [2.45, 2.75) is 39.8 Å². The monoisotopic (exact) mass is 407 g/mol. The zero-order valence-electron chi connectivity index (χ0n) is 17.6. The minimum Gasteiger partial charge on any atom is -0.493 e. The van der Waals surface area contributed by atoms with Crippen LogP contribution in [0.25, 0.3) is 11.5 Å². The zero-order valence-corrected chi connectivity index (χ0v) is 17.6. The Bertz CT molecular complexity index is 951. The number of rotatable bonds is 10. The third-order valence-corrected chi connectivity index (χ3v) is 4.29. The van der Waals surface area contributed by atoms with Crippen LogP contribution in [0.1, 0.15) is 30.9 Å². The topological polar surface area (TPSA) is 73.6 Å². The first-order chi connectivity index (χ1) is 14.5. The van der Waals surface area contributed by atoms with E-state index in [2.05, 4.69) is 16.4 Å². The van der Waals surface area contributed by atoms with Crippen molar-refractivity contribution < 1.29 is 18.7 Å². The van der Waals surface area contributed by atoms with Gasteiger partial charge in [-0.1, -0.05) is 30.3 Å². The summed E-state index contributed by atoms with van der Waals surface area (Å²) in [6, 6.07) is 18.7. The molecule has 1 radical (unpaired) electrons. The average Bonchev–Trinajstić information content (AvgIpc) is 3.09. The lowest BCUT2D eigenvalue weighted by Gasteiger charge is -2.10. The Morgan fingerprint density at radius 1 is 1.17 bits per heavy atom. The second-order valence-corrected chi connectivity index (χ2v) is 7.17.